The summed E-state index contributed by atoms with van der Waals surface area (Å²) in [5, 5.41) is 0. The summed E-state index contributed by atoms with van der Waals surface area (Å²) < 4.78 is 2.08. The van der Waals surface area contributed by atoms with E-state index in [2.05, 4.69) is 59.7 Å². The lowest BCUT2D eigenvalue weighted by atomic mass is 10.2. The minimum absolute atomic E-state index is 0. The molecule has 5 heteroatoms. The average Bonchev–Trinajstić information content (AvgIpc) is 2.61. The number of benzene rings is 1. The largest absolute Gasteiger partial charge is 1.00 e. The number of halogens is 1. The van der Waals surface area contributed by atoms with Gasteiger partial charge in [0.15, 0.2) is 18.9 Å². The molecule has 0 N–H and O–H groups in total. The minimum atomic E-state index is 0. The number of aryl methyl sites for hydroxylation is 3. The lowest BCUT2D eigenvalue weighted by molar-refractivity contribution is -0.696. The summed E-state index contributed by atoms with van der Waals surface area (Å²) in [4.78, 5) is 16.8. The van der Waals surface area contributed by atoms with Crippen molar-refractivity contribution in [2.24, 2.45) is 0 Å². The van der Waals surface area contributed by atoms with Crippen molar-refractivity contribution in [3.05, 3.63) is 59.9 Å². The molecule has 2 heterocycles. The van der Waals surface area contributed by atoms with Crippen LogP contribution in [0.25, 0.3) is 0 Å². The molecule has 25 heavy (non-hydrogen) atoms. The summed E-state index contributed by atoms with van der Waals surface area (Å²) in [5.41, 5.74) is 3.78. The van der Waals surface area contributed by atoms with Gasteiger partial charge >= 0.3 is 0 Å². The summed E-state index contributed by atoms with van der Waals surface area (Å²) in [6, 6.07) is 12.7. The molecule has 4 nitrogen and oxygen atoms in total. The van der Waals surface area contributed by atoms with Crippen LogP contribution in [-0.2, 0) is 11.3 Å². The Kier molecular flexibility index (Phi) is 7.00. The van der Waals surface area contributed by atoms with Gasteiger partial charge in [0.25, 0.3) is 0 Å². The Balaban J connectivity index is 0.00000225. The van der Waals surface area contributed by atoms with Crippen LogP contribution in [0.2, 0.25) is 0 Å². The number of pyridine rings is 1. The van der Waals surface area contributed by atoms with Crippen LogP contribution in [0.1, 0.15) is 17.5 Å². The highest BCUT2D eigenvalue weighted by molar-refractivity contribution is 5.76. The summed E-state index contributed by atoms with van der Waals surface area (Å²) in [5.74, 6) is 0.256. The van der Waals surface area contributed by atoms with E-state index in [-0.39, 0.29) is 22.9 Å². The quantitative estimate of drug-likeness (QED) is 0.633. The molecule has 0 radical (unpaired) electrons. The number of hydrogen-bond donors (Lipinski definition) is 0. The van der Waals surface area contributed by atoms with Crippen LogP contribution in [0.3, 0.4) is 0 Å². The fourth-order valence-corrected chi connectivity index (χ4v) is 3.10. The Hall–Kier alpha value is -1.88. The Bertz CT molecular complexity index is 694. The second kappa shape index (κ2) is 8.99. The highest BCUT2D eigenvalue weighted by Crippen LogP contribution is 2.18. The lowest BCUT2D eigenvalue weighted by Gasteiger charge is -2.36. The Labute approximate surface area is 160 Å². The third-order valence-electron chi connectivity index (χ3n) is 4.64. The summed E-state index contributed by atoms with van der Waals surface area (Å²) in [6.07, 6.45) is 4.65. The van der Waals surface area contributed by atoms with E-state index in [1.165, 1.54) is 16.8 Å². The standard InChI is InChI=1S/C20H26N3O.BrH/c1-17-6-9-21(10-7-17)11-8-20(24)23-14-12-22(13-15-23)19-5-3-4-18(2)16-19;/h3-7,9-10,16H,8,11-15H2,1-2H3;1H/q+1;/p-1. The third-order valence-corrected chi connectivity index (χ3v) is 4.64. The van der Waals surface area contributed by atoms with Crippen molar-refractivity contribution >= 4 is 11.6 Å². The molecule has 1 saturated heterocycles. The van der Waals surface area contributed by atoms with Gasteiger partial charge in [-0.25, -0.2) is 4.57 Å². The molecule has 3 rings (SSSR count). The van der Waals surface area contributed by atoms with Gasteiger partial charge in [-0.05, 0) is 37.1 Å². The van der Waals surface area contributed by atoms with E-state index in [4.69, 9.17) is 0 Å². The van der Waals surface area contributed by atoms with Gasteiger partial charge in [0.2, 0.25) is 5.91 Å². The highest BCUT2D eigenvalue weighted by Gasteiger charge is 2.21. The van der Waals surface area contributed by atoms with Gasteiger partial charge in [0.1, 0.15) is 0 Å². The number of nitrogens with zero attached hydrogens (tertiary/aromatic N) is 3. The Morgan fingerprint density at radius 3 is 2.32 bits per heavy atom. The molecule has 1 aliphatic heterocycles. The molecular weight excluding hydrogens is 378 g/mol. The van der Waals surface area contributed by atoms with Crippen LogP contribution >= 0.6 is 0 Å². The van der Waals surface area contributed by atoms with Gasteiger partial charge in [0.05, 0.1) is 6.42 Å². The number of piperazine rings is 1. The number of hydrogen-bond acceptors (Lipinski definition) is 2. The second-order valence-electron chi connectivity index (χ2n) is 6.57. The molecule has 0 spiro atoms. The number of amides is 1. The van der Waals surface area contributed by atoms with Crippen LogP contribution in [0.15, 0.2) is 48.8 Å². The van der Waals surface area contributed by atoms with Crippen molar-refractivity contribution in [3.8, 4) is 0 Å². The van der Waals surface area contributed by atoms with Crippen LogP contribution in [-0.4, -0.2) is 37.0 Å². The normalized spacial score (nSPS) is 14.2. The molecule has 1 aromatic heterocycles. The number of carbonyl (C=O) groups is 1. The van der Waals surface area contributed by atoms with Crippen molar-refractivity contribution in [2.45, 2.75) is 26.8 Å². The first-order valence-electron chi connectivity index (χ1n) is 8.67. The maximum Gasteiger partial charge on any atom is 0.229 e. The van der Waals surface area contributed by atoms with E-state index in [0.29, 0.717) is 6.42 Å². The van der Waals surface area contributed by atoms with E-state index in [9.17, 15) is 4.79 Å². The lowest BCUT2D eigenvalue weighted by Crippen LogP contribution is -3.00. The first-order valence-corrected chi connectivity index (χ1v) is 8.67. The SMILES string of the molecule is Cc1cc[n+](CCC(=O)N2CCN(c3cccc(C)c3)CC2)cc1.[Br-]. The van der Waals surface area contributed by atoms with Crippen molar-refractivity contribution in [2.75, 3.05) is 31.1 Å². The van der Waals surface area contributed by atoms with Gasteiger partial charge in [-0.15, -0.1) is 0 Å². The predicted molar refractivity (Wildman–Crippen MR) is 96.0 cm³/mol. The predicted octanol–water partition coefficient (Wildman–Crippen LogP) is -0.666. The van der Waals surface area contributed by atoms with Crippen molar-refractivity contribution < 1.29 is 26.3 Å². The monoisotopic (exact) mass is 403 g/mol. The zero-order chi connectivity index (χ0) is 16.9. The fourth-order valence-electron chi connectivity index (χ4n) is 3.10. The summed E-state index contributed by atoms with van der Waals surface area (Å²) >= 11 is 0. The molecule has 134 valence electrons. The highest BCUT2D eigenvalue weighted by atomic mass is 79.9. The number of aromatic nitrogens is 1. The second-order valence-corrected chi connectivity index (χ2v) is 6.57. The maximum atomic E-state index is 12.4. The number of carbonyl (C=O) groups excluding carboxylic acids is 1. The van der Waals surface area contributed by atoms with Crippen LogP contribution in [0.5, 0.6) is 0 Å². The molecular formula is C20H26BrN3O. The minimum Gasteiger partial charge on any atom is -1.00 e. The number of rotatable bonds is 4. The van der Waals surface area contributed by atoms with E-state index < -0.39 is 0 Å². The average molecular weight is 404 g/mol. The third kappa shape index (κ3) is 5.30. The first kappa shape index (κ1) is 19.4. The Morgan fingerprint density at radius 1 is 1.00 bits per heavy atom. The van der Waals surface area contributed by atoms with Gasteiger partial charge in [-0.1, -0.05) is 12.1 Å². The summed E-state index contributed by atoms with van der Waals surface area (Å²) in [7, 11) is 0. The molecule has 1 amide bonds. The molecule has 1 fully saturated rings. The van der Waals surface area contributed by atoms with Crippen LogP contribution in [0, 0.1) is 13.8 Å². The van der Waals surface area contributed by atoms with Gasteiger partial charge < -0.3 is 26.8 Å². The van der Waals surface area contributed by atoms with E-state index in [0.717, 1.165) is 32.7 Å². The van der Waals surface area contributed by atoms with Crippen molar-refractivity contribution in [1.82, 2.24) is 4.90 Å². The first-order chi connectivity index (χ1) is 11.6. The zero-order valence-corrected chi connectivity index (χ0v) is 16.6. The fraction of sp³-hybridized carbons (Fsp3) is 0.400. The number of anilines is 1. The van der Waals surface area contributed by atoms with Gasteiger partial charge in [-0.3, -0.25) is 4.79 Å². The van der Waals surface area contributed by atoms with E-state index >= 15 is 0 Å². The molecule has 1 aliphatic rings. The molecule has 0 aliphatic carbocycles. The molecule has 0 saturated carbocycles. The van der Waals surface area contributed by atoms with E-state index in [1.807, 2.05) is 17.3 Å². The molecule has 0 unspecified atom stereocenters. The van der Waals surface area contributed by atoms with Crippen LogP contribution in [0.4, 0.5) is 5.69 Å². The van der Waals surface area contributed by atoms with Crippen LogP contribution < -0.4 is 26.4 Å². The Morgan fingerprint density at radius 2 is 1.68 bits per heavy atom. The van der Waals surface area contributed by atoms with Crippen molar-refractivity contribution in [3.63, 3.8) is 0 Å². The molecule has 0 bridgehead atoms. The zero-order valence-electron chi connectivity index (χ0n) is 15.0. The smallest absolute Gasteiger partial charge is 0.229 e. The van der Waals surface area contributed by atoms with E-state index in [1.54, 1.807) is 0 Å². The topological polar surface area (TPSA) is 27.4 Å². The summed E-state index contributed by atoms with van der Waals surface area (Å²) in [6.45, 7) is 8.38. The molecule has 0 atom stereocenters. The van der Waals surface area contributed by atoms with Crippen molar-refractivity contribution in [1.29, 1.82) is 0 Å². The van der Waals surface area contributed by atoms with Gasteiger partial charge in [-0.2, -0.15) is 0 Å². The molecule has 1 aromatic carbocycles. The maximum absolute atomic E-state index is 12.4. The molecule has 2 aromatic rings. The van der Waals surface area contributed by atoms with Gasteiger partial charge in [0, 0.05) is 44.0 Å².